The molecule has 0 saturated carbocycles. The van der Waals surface area contributed by atoms with Crippen molar-refractivity contribution in [1.82, 2.24) is 0 Å². The van der Waals surface area contributed by atoms with Crippen LogP contribution in [0.5, 0.6) is 0 Å². The van der Waals surface area contributed by atoms with Gasteiger partial charge in [0.15, 0.2) is 5.78 Å². The molecule has 20 heavy (non-hydrogen) atoms. The molecule has 2 rings (SSSR count). The smallest absolute Gasteiger partial charge is 0.226 e. The van der Waals surface area contributed by atoms with E-state index in [1.54, 1.807) is 36.4 Å². The van der Waals surface area contributed by atoms with E-state index in [4.69, 9.17) is 0 Å². The standard InChI is InChI=1S/C17H17NO2/c1-12(2)17(20)18-15-11-7-6-10-14(15)16(19)13-8-4-3-5-9-13/h3-12H,1-2H3,(H,18,20). The third-order valence-corrected chi connectivity index (χ3v) is 2.99. The molecule has 0 unspecified atom stereocenters. The van der Waals surface area contributed by atoms with E-state index in [9.17, 15) is 9.59 Å². The van der Waals surface area contributed by atoms with Gasteiger partial charge in [-0.15, -0.1) is 0 Å². The topological polar surface area (TPSA) is 46.2 Å². The highest BCUT2D eigenvalue weighted by Crippen LogP contribution is 2.19. The summed E-state index contributed by atoms with van der Waals surface area (Å²) >= 11 is 0. The number of rotatable bonds is 4. The fourth-order valence-corrected chi connectivity index (χ4v) is 1.81. The van der Waals surface area contributed by atoms with E-state index < -0.39 is 0 Å². The zero-order chi connectivity index (χ0) is 14.5. The van der Waals surface area contributed by atoms with E-state index >= 15 is 0 Å². The van der Waals surface area contributed by atoms with Gasteiger partial charge in [-0.25, -0.2) is 0 Å². The Bertz CT molecular complexity index is 618. The first-order chi connectivity index (χ1) is 9.59. The van der Waals surface area contributed by atoms with Crippen LogP contribution in [0, 0.1) is 5.92 Å². The fraction of sp³-hybridized carbons (Fsp3) is 0.176. The van der Waals surface area contributed by atoms with Gasteiger partial charge < -0.3 is 5.32 Å². The summed E-state index contributed by atoms with van der Waals surface area (Å²) in [4.78, 5) is 24.3. The normalized spacial score (nSPS) is 10.3. The Labute approximate surface area is 118 Å². The lowest BCUT2D eigenvalue weighted by molar-refractivity contribution is -0.118. The van der Waals surface area contributed by atoms with Crippen molar-refractivity contribution in [2.75, 3.05) is 5.32 Å². The van der Waals surface area contributed by atoms with Crippen molar-refractivity contribution < 1.29 is 9.59 Å². The Morgan fingerprint density at radius 3 is 2.15 bits per heavy atom. The summed E-state index contributed by atoms with van der Waals surface area (Å²) in [5.74, 6) is -0.321. The van der Waals surface area contributed by atoms with Crippen LogP contribution < -0.4 is 5.32 Å². The van der Waals surface area contributed by atoms with Gasteiger partial charge >= 0.3 is 0 Å². The second-order valence-electron chi connectivity index (χ2n) is 4.88. The number of para-hydroxylation sites is 1. The van der Waals surface area contributed by atoms with Gasteiger partial charge in [-0.1, -0.05) is 56.3 Å². The molecular formula is C17H17NO2. The molecule has 102 valence electrons. The van der Waals surface area contributed by atoms with E-state index in [-0.39, 0.29) is 17.6 Å². The van der Waals surface area contributed by atoms with Gasteiger partial charge in [0, 0.05) is 17.0 Å². The molecule has 0 bridgehead atoms. The third kappa shape index (κ3) is 3.12. The zero-order valence-electron chi connectivity index (χ0n) is 11.6. The van der Waals surface area contributed by atoms with Crippen LogP contribution in [0.3, 0.4) is 0 Å². The van der Waals surface area contributed by atoms with Gasteiger partial charge in [-0.3, -0.25) is 9.59 Å². The van der Waals surface area contributed by atoms with Crippen LogP contribution in [0.2, 0.25) is 0 Å². The summed E-state index contributed by atoms with van der Waals surface area (Å²) < 4.78 is 0. The first kappa shape index (κ1) is 14.0. The van der Waals surface area contributed by atoms with Crippen LogP contribution in [0.4, 0.5) is 5.69 Å². The second-order valence-corrected chi connectivity index (χ2v) is 4.88. The minimum absolute atomic E-state index is 0.0924. The lowest BCUT2D eigenvalue weighted by Crippen LogP contribution is -2.19. The molecule has 0 radical (unpaired) electrons. The van der Waals surface area contributed by atoms with Crippen LogP contribution in [0.15, 0.2) is 54.6 Å². The van der Waals surface area contributed by atoms with Gasteiger partial charge in [-0.05, 0) is 12.1 Å². The van der Waals surface area contributed by atoms with Gasteiger partial charge in [0.2, 0.25) is 5.91 Å². The Hall–Kier alpha value is -2.42. The highest BCUT2D eigenvalue weighted by atomic mass is 16.2. The van der Waals surface area contributed by atoms with E-state index in [2.05, 4.69) is 5.32 Å². The van der Waals surface area contributed by atoms with Crippen molar-refractivity contribution in [2.24, 2.45) is 5.92 Å². The summed E-state index contributed by atoms with van der Waals surface area (Å²) in [5.41, 5.74) is 1.67. The number of amides is 1. The molecule has 0 heterocycles. The molecule has 2 aromatic rings. The van der Waals surface area contributed by atoms with E-state index in [0.717, 1.165) is 0 Å². The molecule has 0 spiro atoms. The van der Waals surface area contributed by atoms with Gasteiger partial charge in [0.05, 0.1) is 5.69 Å². The summed E-state index contributed by atoms with van der Waals surface area (Å²) in [6.07, 6.45) is 0. The Morgan fingerprint density at radius 2 is 1.50 bits per heavy atom. The van der Waals surface area contributed by atoms with Crippen molar-refractivity contribution in [3.05, 3.63) is 65.7 Å². The van der Waals surface area contributed by atoms with Crippen molar-refractivity contribution in [3.63, 3.8) is 0 Å². The number of carbonyl (C=O) groups excluding carboxylic acids is 2. The van der Waals surface area contributed by atoms with Crippen molar-refractivity contribution in [2.45, 2.75) is 13.8 Å². The molecular weight excluding hydrogens is 250 g/mol. The van der Waals surface area contributed by atoms with Crippen molar-refractivity contribution in [1.29, 1.82) is 0 Å². The Kier molecular flexibility index (Phi) is 4.31. The number of carbonyl (C=O) groups is 2. The van der Waals surface area contributed by atoms with Crippen LogP contribution in [0.25, 0.3) is 0 Å². The van der Waals surface area contributed by atoms with Gasteiger partial charge in [-0.2, -0.15) is 0 Å². The Balaban J connectivity index is 2.33. The minimum Gasteiger partial charge on any atom is -0.325 e. The number of nitrogens with one attached hydrogen (secondary N) is 1. The number of ketones is 1. The minimum atomic E-state index is -0.130. The maximum Gasteiger partial charge on any atom is 0.226 e. The molecule has 0 fully saturated rings. The van der Waals surface area contributed by atoms with E-state index in [1.807, 2.05) is 32.0 Å². The molecule has 0 aliphatic heterocycles. The number of benzene rings is 2. The first-order valence-electron chi connectivity index (χ1n) is 6.59. The number of hydrogen-bond acceptors (Lipinski definition) is 2. The number of hydrogen-bond donors (Lipinski definition) is 1. The van der Waals surface area contributed by atoms with Gasteiger partial charge in [0.25, 0.3) is 0 Å². The predicted octanol–water partition coefficient (Wildman–Crippen LogP) is 3.51. The SMILES string of the molecule is CC(C)C(=O)Nc1ccccc1C(=O)c1ccccc1. The van der Waals surface area contributed by atoms with Crippen LogP contribution in [0.1, 0.15) is 29.8 Å². The van der Waals surface area contributed by atoms with E-state index in [1.165, 1.54) is 0 Å². The van der Waals surface area contributed by atoms with Crippen molar-refractivity contribution >= 4 is 17.4 Å². The molecule has 1 amide bonds. The molecule has 0 saturated heterocycles. The highest BCUT2D eigenvalue weighted by Gasteiger charge is 2.15. The third-order valence-electron chi connectivity index (χ3n) is 2.99. The molecule has 0 aliphatic carbocycles. The average molecular weight is 267 g/mol. The summed E-state index contributed by atoms with van der Waals surface area (Å²) in [5, 5.41) is 2.80. The average Bonchev–Trinajstić information content (AvgIpc) is 2.48. The Morgan fingerprint density at radius 1 is 0.900 bits per heavy atom. The molecule has 0 aliphatic rings. The molecule has 3 nitrogen and oxygen atoms in total. The molecule has 2 aromatic carbocycles. The molecule has 0 aromatic heterocycles. The summed E-state index contributed by atoms with van der Waals surface area (Å²) in [7, 11) is 0. The first-order valence-corrected chi connectivity index (χ1v) is 6.59. The monoisotopic (exact) mass is 267 g/mol. The maximum atomic E-state index is 12.5. The van der Waals surface area contributed by atoms with E-state index in [0.29, 0.717) is 16.8 Å². The highest BCUT2D eigenvalue weighted by molar-refractivity contribution is 6.13. The summed E-state index contributed by atoms with van der Waals surface area (Å²) in [6.45, 7) is 3.63. The molecule has 1 N–H and O–H groups in total. The van der Waals surface area contributed by atoms with Gasteiger partial charge in [0.1, 0.15) is 0 Å². The van der Waals surface area contributed by atoms with Crippen molar-refractivity contribution in [3.8, 4) is 0 Å². The second kappa shape index (κ2) is 6.15. The largest absolute Gasteiger partial charge is 0.325 e. The summed E-state index contributed by atoms with van der Waals surface area (Å²) in [6, 6.07) is 16.1. The van der Waals surface area contributed by atoms with Crippen LogP contribution >= 0.6 is 0 Å². The zero-order valence-corrected chi connectivity index (χ0v) is 11.6. The number of anilines is 1. The maximum absolute atomic E-state index is 12.5. The molecule has 0 atom stereocenters. The quantitative estimate of drug-likeness (QED) is 0.862. The molecule has 3 heteroatoms. The predicted molar refractivity (Wildman–Crippen MR) is 79.8 cm³/mol. The van der Waals surface area contributed by atoms with Crippen LogP contribution in [-0.2, 0) is 4.79 Å². The fourth-order valence-electron chi connectivity index (χ4n) is 1.81. The lowest BCUT2D eigenvalue weighted by Gasteiger charge is -2.12. The lowest BCUT2D eigenvalue weighted by atomic mass is 10.0. The van der Waals surface area contributed by atoms with Crippen LogP contribution in [-0.4, -0.2) is 11.7 Å².